The van der Waals surface area contributed by atoms with E-state index < -0.39 is 61.4 Å². The van der Waals surface area contributed by atoms with E-state index in [1.807, 2.05) is 0 Å². The Bertz CT molecular complexity index is 1390. The lowest BCUT2D eigenvalue weighted by molar-refractivity contribution is -0.236. The largest absolute Gasteiger partial charge is 0.462 e. The van der Waals surface area contributed by atoms with Gasteiger partial charge >= 0.3 is 19.4 Å². The molecule has 2 heterocycles. The van der Waals surface area contributed by atoms with E-state index in [0.29, 0.717) is 0 Å². The number of nitrogens with two attached hydrogens (primary N) is 1. The molecule has 1 fully saturated rings. The lowest BCUT2D eigenvalue weighted by atomic mass is 9.85. The average Bonchev–Trinajstić information content (AvgIpc) is 3.01. The number of ether oxygens (including phenoxy) is 2. The highest BCUT2D eigenvalue weighted by molar-refractivity contribution is 7.52. The highest BCUT2D eigenvalue weighted by atomic mass is 31.2. The number of para-hydroxylation sites is 1. The van der Waals surface area contributed by atoms with Crippen molar-refractivity contribution in [2.24, 2.45) is 5.11 Å². The number of halogens is 1. The number of azide groups is 1. The van der Waals surface area contributed by atoms with Crippen molar-refractivity contribution in [2.45, 2.75) is 70.0 Å². The number of benzene rings is 1. The summed E-state index contributed by atoms with van der Waals surface area (Å²) in [5, 5.41) is 17.0. The molecule has 15 nitrogen and oxygen atoms in total. The third-order valence-electron chi connectivity index (χ3n) is 6.24. The highest BCUT2D eigenvalue weighted by Gasteiger charge is 2.70. The number of aromatic nitrogens is 2. The number of carbonyl (C=O) groups excluding carboxylic acids is 1. The lowest BCUT2D eigenvalue weighted by Gasteiger charge is -2.37. The van der Waals surface area contributed by atoms with Crippen LogP contribution in [0.15, 0.2) is 52.5 Å². The van der Waals surface area contributed by atoms with Gasteiger partial charge in [0.15, 0.2) is 5.72 Å². The molecule has 218 valence electrons. The van der Waals surface area contributed by atoms with Crippen LogP contribution < -0.4 is 21.0 Å². The second-order valence-corrected chi connectivity index (χ2v) is 11.3. The summed E-state index contributed by atoms with van der Waals surface area (Å²) in [6.07, 6.45) is -1.62. The molecule has 40 heavy (non-hydrogen) atoms. The molecule has 0 aliphatic carbocycles. The third kappa shape index (κ3) is 6.12. The molecule has 1 aliphatic rings. The Morgan fingerprint density at radius 2 is 2.00 bits per heavy atom. The predicted octanol–water partition coefficient (Wildman–Crippen LogP) is 2.76. The van der Waals surface area contributed by atoms with Crippen molar-refractivity contribution in [3.05, 3.63) is 63.5 Å². The summed E-state index contributed by atoms with van der Waals surface area (Å²) in [5.74, 6) is -4.11. The summed E-state index contributed by atoms with van der Waals surface area (Å²) in [4.78, 5) is 31.3. The highest BCUT2D eigenvalue weighted by Crippen LogP contribution is 2.53. The second-order valence-electron chi connectivity index (χ2n) is 9.63. The Morgan fingerprint density at radius 3 is 2.58 bits per heavy atom. The van der Waals surface area contributed by atoms with Crippen molar-refractivity contribution in [2.75, 3.05) is 12.3 Å². The molecule has 0 amide bonds. The summed E-state index contributed by atoms with van der Waals surface area (Å²) in [6, 6.07) is 7.68. The van der Waals surface area contributed by atoms with E-state index in [-0.39, 0.29) is 11.6 Å². The van der Waals surface area contributed by atoms with E-state index in [2.05, 4.69) is 20.1 Å². The van der Waals surface area contributed by atoms with Crippen molar-refractivity contribution in [1.82, 2.24) is 14.6 Å². The first kappa shape index (κ1) is 31.0. The number of aliphatic hydroxyl groups excluding tert-OH is 1. The van der Waals surface area contributed by atoms with E-state index in [0.717, 1.165) is 17.7 Å². The number of nitrogens with one attached hydrogen (secondary N) is 1. The van der Waals surface area contributed by atoms with Gasteiger partial charge in [0.25, 0.3) is 5.85 Å². The van der Waals surface area contributed by atoms with Crippen LogP contribution in [0.5, 0.6) is 5.75 Å². The van der Waals surface area contributed by atoms with Crippen molar-refractivity contribution >= 4 is 19.5 Å². The Labute approximate surface area is 228 Å². The first-order chi connectivity index (χ1) is 18.6. The number of aliphatic hydroxyl groups is 1. The van der Waals surface area contributed by atoms with Crippen LogP contribution in [0.1, 0.15) is 34.6 Å². The number of nitrogen functional groups attached to an aromatic ring is 1. The molecule has 1 saturated heterocycles. The third-order valence-corrected chi connectivity index (χ3v) is 7.87. The summed E-state index contributed by atoms with van der Waals surface area (Å²) >= 11 is 0. The molecule has 0 spiro atoms. The van der Waals surface area contributed by atoms with Crippen LogP contribution in [-0.2, 0) is 29.1 Å². The second kappa shape index (κ2) is 11.5. The maximum Gasteiger partial charge on any atom is 0.459 e. The minimum Gasteiger partial charge on any atom is -0.462 e. The molecule has 1 aliphatic heterocycles. The number of nitrogens with zero attached hydrogens (tertiary/aromatic N) is 5. The molecule has 1 aromatic heterocycles. The summed E-state index contributed by atoms with van der Waals surface area (Å²) in [5.41, 5.74) is 9.44. The van der Waals surface area contributed by atoms with Gasteiger partial charge in [-0.3, -0.25) is 13.9 Å². The zero-order valence-electron chi connectivity index (χ0n) is 22.4. The standard InChI is InChI=1S/C23H31FN7O8P/c1-14(2)37-18(32)15(3)28-40(35,38-16-9-7-6-8-10-16)36-13-23(24)19(33)21(4,29-30-26)22(5,39-23)31-12-11-17(25)27-20(31)34/h6-12,14-15,19,33H,13H2,1-5H3,(H,28,35)(H2,25,27,34)/t15-,19-,21+,22+,23+,40?/m0/s1. The number of hydrogen-bond acceptors (Lipinski definition) is 11. The number of alkyl halides is 1. The van der Waals surface area contributed by atoms with Gasteiger partial charge < -0.3 is 24.8 Å². The molecule has 1 unspecified atom stereocenters. The van der Waals surface area contributed by atoms with Crippen LogP contribution in [0.3, 0.4) is 0 Å². The van der Waals surface area contributed by atoms with E-state index in [1.54, 1.807) is 32.0 Å². The van der Waals surface area contributed by atoms with Gasteiger partial charge in [-0.2, -0.15) is 10.1 Å². The van der Waals surface area contributed by atoms with Crippen molar-refractivity contribution in [1.29, 1.82) is 0 Å². The van der Waals surface area contributed by atoms with Crippen LogP contribution in [0.25, 0.3) is 10.4 Å². The fraction of sp³-hybridized carbons (Fsp3) is 0.522. The maximum absolute atomic E-state index is 16.4. The van der Waals surface area contributed by atoms with E-state index in [1.165, 1.54) is 32.0 Å². The van der Waals surface area contributed by atoms with E-state index in [4.69, 9.17) is 24.3 Å². The summed E-state index contributed by atoms with van der Waals surface area (Å²) < 4.78 is 52.5. The molecule has 3 rings (SSSR count). The molecule has 0 radical (unpaired) electrons. The Kier molecular flexibility index (Phi) is 8.94. The Morgan fingerprint density at radius 1 is 1.35 bits per heavy atom. The average molecular weight is 584 g/mol. The fourth-order valence-electron chi connectivity index (χ4n) is 4.05. The predicted molar refractivity (Wildman–Crippen MR) is 139 cm³/mol. The van der Waals surface area contributed by atoms with Crippen LogP contribution >= 0.6 is 7.75 Å². The maximum atomic E-state index is 16.4. The molecular formula is C23H31FN7O8P. The summed E-state index contributed by atoms with van der Waals surface area (Å²) in [7, 11) is -4.59. The smallest absolute Gasteiger partial charge is 0.459 e. The number of hydrogen-bond donors (Lipinski definition) is 3. The van der Waals surface area contributed by atoms with Gasteiger partial charge in [0.05, 0.1) is 6.10 Å². The first-order valence-corrected chi connectivity index (χ1v) is 13.6. The Balaban J connectivity index is 1.97. The summed E-state index contributed by atoms with van der Waals surface area (Å²) in [6.45, 7) is 5.65. The number of rotatable bonds is 11. The van der Waals surface area contributed by atoms with Crippen LogP contribution in [-0.4, -0.2) is 56.9 Å². The lowest BCUT2D eigenvalue weighted by Crippen LogP contribution is -2.55. The van der Waals surface area contributed by atoms with Gasteiger partial charge in [0.1, 0.15) is 35.9 Å². The number of anilines is 1. The topological polar surface area (TPSA) is 213 Å². The normalized spacial score (nSPS) is 28.4. The Hall–Kier alpha value is -3.52. The number of carbonyl (C=O) groups is 1. The first-order valence-electron chi connectivity index (χ1n) is 12.1. The molecule has 6 atom stereocenters. The van der Waals surface area contributed by atoms with Crippen LogP contribution in [0.4, 0.5) is 10.2 Å². The zero-order valence-corrected chi connectivity index (χ0v) is 23.3. The zero-order chi connectivity index (χ0) is 29.9. The van der Waals surface area contributed by atoms with Crippen LogP contribution in [0.2, 0.25) is 0 Å². The fourth-order valence-corrected chi connectivity index (χ4v) is 5.56. The molecule has 0 saturated carbocycles. The van der Waals surface area contributed by atoms with Gasteiger partial charge in [-0.15, -0.1) is 0 Å². The van der Waals surface area contributed by atoms with Gasteiger partial charge in [0.2, 0.25) is 0 Å². The minimum atomic E-state index is -4.59. The van der Waals surface area contributed by atoms with Crippen molar-refractivity contribution in [3.63, 3.8) is 0 Å². The van der Waals surface area contributed by atoms with E-state index >= 15 is 4.39 Å². The number of esters is 1. The molecule has 4 N–H and O–H groups in total. The van der Waals surface area contributed by atoms with Gasteiger partial charge in [-0.05, 0) is 58.3 Å². The monoisotopic (exact) mass is 583 g/mol. The molecule has 17 heteroatoms. The molecular weight excluding hydrogens is 552 g/mol. The molecule has 2 aromatic rings. The van der Waals surface area contributed by atoms with Crippen LogP contribution in [0, 0.1) is 0 Å². The van der Waals surface area contributed by atoms with Gasteiger partial charge in [0, 0.05) is 11.1 Å². The van der Waals surface area contributed by atoms with Crippen molar-refractivity contribution < 1.29 is 37.4 Å². The van der Waals surface area contributed by atoms with Gasteiger partial charge in [-0.1, -0.05) is 23.3 Å². The molecule has 1 aromatic carbocycles. The van der Waals surface area contributed by atoms with E-state index in [9.17, 15) is 24.8 Å². The SMILES string of the molecule is CC(C)OC(=O)[C@H](C)NP(=O)(OC[C@@]1(F)O[C@@](C)(n2ccc(N)nc2=O)[C@](C)(N=[N+]=[N-])[C@@H]1O)Oc1ccccc1. The van der Waals surface area contributed by atoms with Gasteiger partial charge in [-0.25, -0.2) is 13.8 Å². The van der Waals surface area contributed by atoms with Crippen molar-refractivity contribution in [3.8, 4) is 5.75 Å². The minimum absolute atomic E-state index is 0.0480. The molecule has 0 bridgehead atoms. The quantitative estimate of drug-likeness (QED) is 0.115.